The van der Waals surface area contributed by atoms with E-state index in [1.165, 1.54) is 37.2 Å². The van der Waals surface area contributed by atoms with Crippen LogP contribution in [0.4, 0.5) is 0 Å². The maximum atomic E-state index is 5.66. The first-order chi connectivity index (χ1) is 22.3. The lowest BCUT2D eigenvalue weighted by Crippen LogP contribution is -2.02. The summed E-state index contributed by atoms with van der Waals surface area (Å²) in [5.41, 5.74) is 7.39. The number of benzene rings is 6. The minimum atomic E-state index is 0.672. The minimum absolute atomic E-state index is 0.672. The normalized spacial score (nSPS) is 12.0. The van der Waals surface area contributed by atoms with Crippen LogP contribution in [0.5, 0.6) is 0 Å². The Morgan fingerprint density at radius 1 is 0.556 bits per heavy atom. The summed E-state index contributed by atoms with van der Waals surface area (Å²) in [4.78, 5) is 11.7. The Morgan fingerprint density at radius 3 is 2.29 bits per heavy atom. The molecule has 0 spiro atoms. The van der Waals surface area contributed by atoms with Crippen LogP contribution >= 0.6 is 11.3 Å². The zero-order chi connectivity index (χ0) is 29.5. The van der Waals surface area contributed by atoms with E-state index in [1.54, 1.807) is 17.6 Å². The van der Waals surface area contributed by atoms with Gasteiger partial charge in [0.2, 0.25) is 5.95 Å². The summed E-state index contributed by atoms with van der Waals surface area (Å²) in [6, 6.07) is 47.2. The summed E-state index contributed by atoms with van der Waals surface area (Å²) in [7, 11) is 0. The van der Waals surface area contributed by atoms with Gasteiger partial charge >= 0.3 is 0 Å². The fraction of sp³-hybridized carbons (Fsp3) is 0. The van der Waals surface area contributed by atoms with Crippen molar-refractivity contribution in [2.45, 2.75) is 0 Å². The van der Waals surface area contributed by atoms with E-state index in [1.807, 2.05) is 6.07 Å². The number of hydrogen-bond acceptors (Lipinski definition) is 4. The quantitative estimate of drug-likeness (QED) is 0.205. The van der Waals surface area contributed by atoms with Crippen LogP contribution in [-0.2, 0) is 0 Å². The Kier molecular flexibility index (Phi) is 5.12. The third kappa shape index (κ3) is 3.65. The summed E-state index contributed by atoms with van der Waals surface area (Å²) in [6.07, 6.45) is 1.75. The van der Waals surface area contributed by atoms with Gasteiger partial charge in [-0.15, -0.1) is 11.3 Å². The van der Waals surface area contributed by atoms with Gasteiger partial charge in [-0.3, -0.25) is 4.57 Å². The highest BCUT2D eigenvalue weighted by molar-refractivity contribution is 7.25. The number of furan rings is 1. The second-order valence-corrected chi connectivity index (χ2v) is 12.5. The third-order valence-corrected chi connectivity index (χ3v) is 9.96. The van der Waals surface area contributed by atoms with Crippen LogP contribution in [0, 0.1) is 0 Å². The molecule has 4 nitrogen and oxygen atoms in total. The summed E-state index contributed by atoms with van der Waals surface area (Å²) < 4.78 is 9.13. The van der Waals surface area contributed by atoms with Gasteiger partial charge in [0.05, 0.1) is 23.0 Å². The van der Waals surface area contributed by atoms with Crippen molar-refractivity contribution in [1.82, 2.24) is 14.5 Å². The second-order valence-electron chi connectivity index (χ2n) is 11.4. The van der Waals surface area contributed by atoms with Crippen molar-refractivity contribution in [2.75, 3.05) is 0 Å². The van der Waals surface area contributed by atoms with Crippen LogP contribution in [0.1, 0.15) is 0 Å². The molecule has 0 N–H and O–H groups in total. The van der Waals surface area contributed by atoms with Crippen LogP contribution in [0.25, 0.3) is 92.2 Å². The van der Waals surface area contributed by atoms with Gasteiger partial charge in [0.25, 0.3) is 0 Å². The molecule has 5 heteroatoms. The lowest BCUT2D eigenvalue weighted by Gasteiger charge is -2.11. The number of aromatic nitrogens is 3. The molecule has 0 saturated carbocycles. The topological polar surface area (TPSA) is 43.9 Å². The number of hydrogen-bond donors (Lipinski definition) is 0. The van der Waals surface area contributed by atoms with Crippen molar-refractivity contribution < 1.29 is 4.42 Å². The van der Waals surface area contributed by atoms with E-state index in [2.05, 4.69) is 132 Å². The van der Waals surface area contributed by atoms with Crippen molar-refractivity contribution in [3.05, 3.63) is 140 Å². The molecule has 0 bridgehead atoms. The first-order valence-electron chi connectivity index (χ1n) is 15.0. The third-order valence-electron chi connectivity index (χ3n) is 8.90. The second kappa shape index (κ2) is 9.36. The lowest BCUT2D eigenvalue weighted by atomic mass is 9.97. The fourth-order valence-electron chi connectivity index (χ4n) is 6.86. The zero-order valence-corrected chi connectivity index (χ0v) is 24.8. The van der Waals surface area contributed by atoms with E-state index in [0.29, 0.717) is 5.95 Å². The lowest BCUT2D eigenvalue weighted by molar-refractivity contribution is 0.616. The van der Waals surface area contributed by atoms with E-state index in [4.69, 9.17) is 14.4 Å². The van der Waals surface area contributed by atoms with Crippen molar-refractivity contribution in [1.29, 1.82) is 0 Å². The Labute approximate surface area is 261 Å². The van der Waals surface area contributed by atoms with E-state index in [0.717, 1.165) is 49.0 Å². The summed E-state index contributed by atoms with van der Waals surface area (Å²) in [5, 5.41) is 8.12. The predicted molar refractivity (Wildman–Crippen MR) is 187 cm³/mol. The molecule has 4 aromatic heterocycles. The van der Waals surface area contributed by atoms with Gasteiger partial charge in [-0.2, -0.15) is 0 Å². The Bertz CT molecular complexity index is 2770. The molecule has 45 heavy (non-hydrogen) atoms. The largest absolute Gasteiger partial charge is 0.464 e. The zero-order valence-electron chi connectivity index (χ0n) is 23.9. The van der Waals surface area contributed by atoms with Gasteiger partial charge < -0.3 is 4.42 Å². The van der Waals surface area contributed by atoms with E-state index < -0.39 is 0 Å². The molecule has 0 radical (unpaired) electrons. The standard InChI is InChI=1S/C40H23N3OS/c1-2-9-24(10-3-1)38-37-30-13-6-7-16-35(30)45-39(37)42-40(41-38)43-32-15-8-14-29(27-17-18-34-28(21-27)19-20-44-34)36(32)31-22-25-11-4-5-12-26(25)23-33(31)43/h1-23H. The highest BCUT2D eigenvalue weighted by Crippen LogP contribution is 2.43. The number of fused-ring (bicyclic) bond motifs is 8. The van der Waals surface area contributed by atoms with Crippen LogP contribution in [0.3, 0.4) is 0 Å². The van der Waals surface area contributed by atoms with Gasteiger partial charge in [-0.25, -0.2) is 9.97 Å². The molecule has 0 fully saturated rings. The molecule has 0 aliphatic heterocycles. The first-order valence-corrected chi connectivity index (χ1v) is 15.8. The highest BCUT2D eigenvalue weighted by atomic mass is 32.1. The molecule has 10 aromatic rings. The molecule has 0 atom stereocenters. The first kappa shape index (κ1) is 24.6. The van der Waals surface area contributed by atoms with Gasteiger partial charge in [0.1, 0.15) is 10.4 Å². The summed E-state index contributed by atoms with van der Waals surface area (Å²) in [5.74, 6) is 0.672. The Hall–Kier alpha value is -5.78. The maximum absolute atomic E-state index is 5.66. The van der Waals surface area contributed by atoms with E-state index in [9.17, 15) is 0 Å². The summed E-state index contributed by atoms with van der Waals surface area (Å²) in [6.45, 7) is 0. The van der Waals surface area contributed by atoms with Crippen molar-refractivity contribution >= 4 is 75.2 Å². The molecule has 210 valence electrons. The van der Waals surface area contributed by atoms with Crippen LogP contribution in [0.15, 0.2) is 144 Å². The Balaban J connectivity index is 1.35. The maximum Gasteiger partial charge on any atom is 0.236 e. The van der Waals surface area contributed by atoms with Crippen LogP contribution in [-0.4, -0.2) is 14.5 Å². The molecule has 4 heterocycles. The minimum Gasteiger partial charge on any atom is -0.464 e. The van der Waals surface area contributed by atoms with Gasteiger partial charge in [0, 0.05) is 37.2 Å². The number of thiophene rings is 1. The molecule has 0 aliphatic carbocycles. The van der Waals surface area contributed by atoms with Gasteiger partial charge in [-0.05, 0) is 64.4 Å². The van der Waals surface area contributed by atoms with Crippen molar-refractivity contribution in [3.8, 4) is 28.3 Å². The number of rotatable bonds is 3. The smallest absolute Gasteiger partial charge is 0.236 e. The van der Waals surface area contributed by atoms with Gasteiger partial charge in [-0.1, -0.05) is 91.0 Å². The Morgan fingerprint density at radius 2 is 1.38 bits per heavy atom. The fourth-order valence-corrected chi connectivity index (χ4v) is 7.93. The molecule has 10 rings (SSSR count). The molecule has 0 unspecified atom stereocenters. The average molecular weight is 594 g/mol. The number of nitrogens with zero attached hydrogens (tertiary/aromatic N) is 3. The molecule has 0 saturated heterocycles. The predicted octanol–water partition coefficient (Wildman–Crippen LogP) is 11.2. The molecule has 6 aromatic carbocycles. The highest BCUT2D eigenvalue weighted by Gasteiger charge is 2.22. The van der Waals surface area contributed by atoms with Crippen molar-refractivity contribution in [3.63, 3.8) is 0 Å². The van der Waals surface area contributed by atoms with E-state index in [-0.39, 0.29) is 0 Å². The molecule has 0 aliphatic rings. The SMILES string of the molecule is c1ccc(-c2nc(-n3c4cc5ccccc5cc4c4c(-c5ccc6occc6c5)cccc43)nc3sc4ccccc4c23)cc1. The molecular formula is C40H23N3OS. The van der Waals surface area contributed by atoms with Crippen LogP contribution < -0.4 is 0 Å². The monoisotopic (exact) mass is 593 g/mol. The van der Waals surface area contributed by atoms with Crippen molar-refractivity contribution in [2.24, 2.45) is 0 Å². The molecule has 0 amide bonds. The van der Waals surface area contributed by atoms with Gasteiger partial charge in [0.15, 0.2) is 0 Å². The molecular weight excluding hydrogens is 571 g/mol. The van der Waals surface area contributed by atoms with Crippen LogP contribution in [0.2, 0.25) is 0 Å². The van der Waals surface area contributed by atoms with E-state index >= 15 is 0 Å². The average Bonchev–Trinajstić information content (AvgIpc) is 3.80. The summed E-state index contributed by atoms with van der Waals surface area (Å²) >= 11 is 1.72.